The molecule has 1 aromatic carbocycles. The summed E-state index contributed by atoms with van der Waals surface area (Å²) in [5, 5.41) is 5.19. The Labute approximate surface area is 113 Å². The van der Waals surface area contributed by atoms with Crippen LogP contribution in [0.25, 0.3) is 10.8 Å². The average molecular weight is 259 g/mol. The van der Waals surface area contributed by atoms with Crippen molar-refractivity contribution in [1.82, 2.24) is 5.32 Å². The van der Waals surface area contributed by atoms with Gasteiger partial charge >= 0.3 is 0 Å². The maximum atomic E-state index is 11.7. The third kappa shape index (κ3) is 4.03. The molecule has 0 saturated carbocycles. The largest absolute Gasteiger partial charge is 0.385 e. The molecule has 0 bridgehead atoms. The zero-order valence-corrected chi connectivity index (χ0v) is 11.1. The minimum Gasteiger partial charge on any atom is -0.385 e. The topological polar surface area (TPSA) is 42.2 Å². The van der Waals surface area contributed by atoms with Crippen molar-refractivity contribution in [1.29, 1.82) is 0 Å². The van der Waals surface area contributed by atoms with Crippen molar-refractivity contribution in [3.8, 4) is 0 Å². The van der Waals surface area contributed by atoms with E-state index in [0.717, 1.165) is 11.8 Å². The normalized spacial score (nSPS) is 10.6. The van der Waals surface area contributed by atoms with Crippen molar-refractivity contribution >= 4 is 16.7 Å². The maximum absolute atomic E-state index is 11.7. The summed E-state index contributed by atoms with van der Waals surface area (Å²) in [5.74, 6) is 0.0244. The van der Waals surface area contributed by atoms with E-state index in [0.29, 0.717) is 19.7 Å². The lowest BCUT2D eigenvalue weighted by atomic mass is 10.2. The summed E-state index contributed by atoms with van der Waals surface area (Å²) in [6.45, 7) is 1.67. The van der Waals surface area contributed by atoms with Gasteiger partial charge in [-0.3, -0.25) is 4.79 Å². The monoisotopic (exact) mass is 259 g/mol. The van der Waals surface area contributed by atoms with Crippen molar-refractivity contribution in [2.24, 2.45) is 0 Å². The van der Waals surface area contributed by atoms with Gasteiger partial charge in [-0.15, -0.1) is 0 Å². The first-order valence-electron chi connectivity index (χ1n) is 6.43. The molecule has 0 aliphatic rings. The first-order chi connectivity index (χ1) is 9.29. The van der Waals surface area contributed by atoms with Gasteiger partial charge in [-0.2, -0.15) is 4.57 Å². The molecule has 19 heavy (non-hydrogen) atoms. The fraction of sp³-hybridized carbons (Fsp3) is 0.333. The summed E-state index contributed by atoms with van der Waals surface area (Å²) >= 11 is 0. The van der Waals surface area contributed by atoms with Crippen LogP contribution in [-0.2, 0) is 16.1 Å². The average Bonchev–Trinajstić information content (AvgIpc) is 2.43. The number of pyridine rings is 1. The highest BCUT2D eigenvalue weighted by molar-refractivity contribution is 5.80. The van der Waals surface area contributed by atoms with Gasteiger partial charge in [0.15, 0.2) is 12.4 Å². The van der Waals surface area contributed by atoms with E-state index in [9.17, 15) is 4.79 Å². The summed E-state index contributed by atoms with van der Waals surface area (Å²) in [6, 6.07) is 10.1. The molecule has 0 aliphatic heterocycles. The molecule has 0 fully saturated rings. The minimum absolute atomic E-state index is 0.0244. The Balaban J connectivity index is 1.91. The van der Waals surface area contributed by atoms with Crippen LogP contribution in [0, 0.1) is 0 Å². The molecular formula is C15H19N2O2+. The summed E-state index contributed by atoms with van der Waals surface area (Å²) in [5.41, 5.74) is 0. The van der Waals surface area contributed by atoms with Gasteiger partial charge in [-0.25, -0.2) is 0 Å². The summed E-state index contributed by atoms with van der Waals surface area (Å²) < 4.78 is 6.83. The van der Waals surface area contributed by atoms with Crippen LogP contribution in [0.3, 0.4) is 0 Å². The fourth-order valence-corrected chi connectivity index (χ4v) is 1.94. The molecule has 100 valence electrons. The van der Waals surface area contributed by atoms with Crippen molar-refractivity contribution in [3.63, 3.8) is 0 Å². The number of nitrogens with zero attached hydrogens (tertiary/aromatic N) is 1. The second-order valence-corrected chi connectivity index (χ2v) is 4.44. The number of hydrogen-bond acceptors (Lipinski definition) is 2. The Bertz CT molecular complexity index is 555. The number of methoxy groups -OCH3 is 1. The van der Waals surface area contributed by atoms with E-state index in [1.807, 2.05) is 41.2 Å². The van der Waals surface area contributed by atoms with Crippen LogP contribution >= 0.6 is 0 Å². The molecule has 1 amide bonds. The Hall–Kier alpha value is -1.94. The van der Waals surface area contributed by atoms with Crippen LogP contribution in [0.4, 0.5) is 0 Å². The minimum atomic E-state index is 0.0244. The van der Waals surface area contributed by atoms with Gasteiger partial charge < -0.3 is 10.1 Å². The molecule has 0 aliphatic carbocycles. The van der Waals surface area contributed by atoms with Gasteiger partial charge in [0.2, 0.25) is 6.54 Å². The molecule has 1 aromatic heterocycles. The van der Waals surface area contributed by atoms with Crippen molar-refractivity contribution in [3.05, 3.63) is 42.7 Å². The van der Waals surface area contributed by atoms with Crippen molar-refractivity contribution in [2.45, 2.75) is 13.0 Å². The smallest absolute Gasteiger partial charge is 0.285 e. The zero-order valence-electron chi connectivity index (χ0n) is 11.1. The third-order valence-corrected chi connectivity index (χ3v) is 2.92. The van der Waals surface area contributed by atoms with E-state index in [1.54, 1.807) is 7.11 Å². The molecule has 0 spiro atoms. The number of nitrogens with one attached hydrogen (secondary N) is 1. The Kier molecular flexibility index (Phi) is 4.86. The van der Waals surface area contributed by atoms with Gasteiger partial charge in [0.05, 0.1) is 0 Å². The number of carbonyl (C=O) groups excluding carboxylic acids is 1. The van der Waals surface area contributed by atoms with E-state index in [4.69, 9.17) is 4.74 Å². The molecule has 0 atom stereocenters. The molecular weight excluding hydrogens is 240 g/mol. The van der Waals surface area contributed by atoms with Gasteiger partial charge in [-0.1, -0.05) is 18.2 Å². The predicted octanol–water partition coefficient (Wildman–Crippen LogP) is 1.28. The Morgan fingerprint density at radius 1 is 1.26 bits per heavy atom. The van der Waals surface area contributed by atoms with E-state index < -0.39 is 0 Å². The molecule has 0 radical (unpaired) electrons. The highest BCUT2D eigenvalue weighted by Gasteiger charge is 2.09. The zero-order chi connectivity index (χ0) is 13.5. The molecule has 1 heterocycles. The van der Waals surface area contributed by atoms with E-state index >= 15 is 0 Å². The molecule has 0 unspecified atom stereocenters. The van der Waals surface area contributed by atoms with Crippen molar-refractivity contribution in [2.75, 3.05) is 20.3 Å². The van der Waals surface area contributed by atoms with E-state index in [2.05, 4.69) is 11.4 Å². The van der Waals surface area contributed by atoms with Crippen LogP contribution in [-0.4, -0.2) is 26.2 Å². The number of benzene rings is 1. The first kappa shape index (κ1) is 13.5. The number of amides is 1. The highest BCUT2D eigenvalue weighted by atomic mass is 16.5. The third-order valence-electron chi connectivity index (χ3n) is 2.92. The molecule has 1 N–H and O–H groups in total. The van der Waals surface area contributed by atoms with E-state index in [-0.39, 0.29) is 5.91 Å². The Morgan fingerprint density at radius 3 is 2.84 bits per heavy atom. The molecule has 2 rings (SSSR count). The van der Waals surface area contributed by atoms with Crippen LogP contribution in [0.1, 0.15) is 6.42 Å². The van der Waals surface area contributed by atoms with Gasteiger partial charge in [-0.05, 0) is 17.9 Å². The number of ether oxygens (including phenoxy) is 1. The number of aromatic nitrogens is 1. The first-order valence-corrected chi connectivity index (χ1v) is 6.43. The van der Waals surface area contributed by atoms with Crippen LogP contribution in [0.2, 0.25) is 0 Å². The lowest BCUT2D eigenvalue weighted by Crippen LogP contribution is -2.42. The summed E-state index contributed by atoms with van der Waals surface area (Å²) in [6.07, 6.45) is 4.76. The molecule has 4 nitrogen and oxygen atoms in total. The number of hydrogen-bond donors (Lipinski definition) is 1. The van der Waals surface area contributed by atoms with Gasteiger partial charge in [0.25, 0.3) is 5.91 Å². The van der Waals surface area contributed by atoms with Crippen LogP contribution in [0.5, 0.6) is 0 Å². The SMILES string of the molecule is COCCCNC(=O)C[n+]1ccc2ccccc2c1. The highest BCUT2D eigenvalue weighted by Crippen LogP contribution is 2.09. The lowest BCUT2D eigenvalue weighted by Gasteiger charge is -2.03. The molecule has 2 aromatic rings. The van der Waals surface area contributed by atoms with E-state index in [1.165, 1.54) is 5.39 Å². The Morgan fingerprint density at radius 2 is 2.05 bits per heavy atom. The predicted molar refractivity (Wildman–Crippen MR) is 73.6 cm³/mol. The standard InChI is InChI=1S/C15H18N2O2/c1-19-10-4-8-16-15(18)12-17-9-7-13-5-2-3-6-14(13)11-17/h2-3,5-7,9,11H,4,8,10,12H2,1H3/p+1. The lowest BCUT2D eigenvalue weighted by molar-refractivity contribution is -0.683. The number of rotatable bonds is 6. The number of fused-ring (bicyclic) bond motifs is 1. The maximum Gasteiger partial charge on any atom is 0.285 e. The second-order valence-electron chi connectivity index (χ2n) is 4.44. The quantitative estimate of drug-likeness (QED) is 0.627. The summed E-state index contributed by atoms with van der Waals surface area (Å²) in [4.78, 5) is 11.7. The van der Waals surface area contributed by atoms with Crippen LogP contribution in [0.15, 0.2) is 42.7 Å². The summed E-state index contributed by atoms with van der Waals surface area (Å²) in [7, 11) is 1.66. The molecule has 4 heteroatoms. The molecule has 0 saturated heterocycles. The number of carbonyl (C=O) groups is 1. The second kappa shape index (κ2) is 6.85. The van der Waals surface area contributed by atoms with Gasteiger partial charge in [0.1, 0.15) is 0 Å². The fourth-order valence-electron chi connectivity index (χ4n) is 1.94. The van der Waals surface area contributed by atoms with Crippen molar-refractivity contribution < 1.29 is 14.1 Å². The van der Waals surface area contributed by atoms with Crippen LogP contribution < -0.4 is 9.88 Å². The van der Waals surface area contributed by atoms with Gasteiger partial charge in [0, 0.05) is 31.7 Å².